The minimum Gasteiger partial charge on any atom is -0.347 e. The van der Waals surface area contributed by atoms with Crippen LogP contribution in [0.2, 0.25) is 0 Å². The molecule has 134 valence electrons. The number of hydrogen-bond acceptors (Lipinski definition) is 4. The first kappa shape index (κ1) is 18.5. The molecule has 1 heterocycles. The first-order valence-corrected chi connectivity index (χ1v) is 7.90. The van der Waals surface area contributed by atoms with Gasteiger partial charge in [-0.1, -0.05) is 6.07 Å². The molecule has 2 aromatic rings. The number of hydrogen-bond donors (Lipinski definition) is 3. The SMILES string of the molecule is Cc1ccc(NC(=O)N(C)Cc2ncc[nH]2)cc1NC(=O)CN(C)C. The number of aromatic nitrogens is 2. The molecule has 1 aromatic heterocycles. The predicted molar refractivity (Wildman–Crippen MR) is 97.4 cm³/mol. The van der Waals surface area contributed by atoms with Crippen molar-refractivity contribution in [2.45, 2.75) is 13.5 Å². The van der Waals surface area contributed by atoms with Crippen LogP contribution in [0.25, 0.3) is 0 Å². The van der Waals surface area contributed by atoms with E-state index in [1.807, 2.05) is 27.1 Å². The number of aryl methyl sites for hydroxylation is 1. The highest BCUT2D eigenvalue weighted by Gasteiger charge is 2.12. The summed E-state index contributed by atoms with van der Waals surface area (Å²) in [5.41, 5.74) is 2.22. The molecule has 25 heavy (non-hydrogen) atoms. The lowest BCUT2D eigenvalue weighted by molar-refractivity contribution is -0.116. The summed E-state index contributed by atoms with van der Waals surface area (Å²) in [7, 11) is 5.35. The van der Waals surface area contributed by atoms with Gasteiger partial charge in [0.05, 0.1) is 13.1 Å². The Kier molecular flexibility index (Phi) is 6.13. The van der Waals surface area contributed by atoms with E-state index in [2.05, 4.69) is 20.6 Å². The number of benzene rings is 1. The van der Waals surface area contributed by atoms with Gasteiger partial charge in [0, 0.05) is 30.8 Å². The molecular weight excluding hydrogens is 320 g/mol. The average molecular weight is 344 g/mol. The lowest BCUT2D eigenvalue weighted by atomic mass is 10.1. The van der Waals surface area contributed by atoms with Crippen molar-refractivity contribution in [3.8, 4) is 0 Å². The fraction of sp³-hybridized carbons (Fsp3) is 0.353. The number of anilines is 2. The van der Waals surface area contributed by atoms with E-state index in [0.717, 1.165) is 5.56 Å². The number of carbonyl (C=O) groups excluding carboxylic acids is 2. The number of imidazole rings is 1. The van der Waals surface area contributed by atoms with E-state index in [9.17, 15) is 9.59 Å². The van der Waals surface area contributed by atoms with E-state index >= 15 is 0 Å². The van der Waals surface area contributed by atoms with Crippen LogP contribution in [-0.2, 0) is 11.3 Å². The van der Waals surface area contributed by atoms with Crippen LogP contribution in [0.15, 0.2) is 30.6 Å². The van der Waals surface area contributed by atoms with E-state index in [1.54, 1.807) is 36.5 Å². The van der Waals surface area contributed by atoms with Gasteiger partial charge in [-0.3, -0.25) is 4.79 Å². The van der Waals surface area contributed by atoms with E-state index in [-0.39, 0.29) is 11.9 Å². The molecule has 0 saturated heterocycles. The lowest BCUT2D eigenvalue weighted by Crippen LogP contribution is -2.31. The van der Waals surface area contributed by atoms with Crippen LogP contribution in [0.5, 0.6) is 0 Å². The normalized spacial score (nSPS) is 10.6. The molecule has 0 radical (unpaired) electrons. The fourth-order valence-corrected chi connectivity index (χ4v) is 2.21. The Morgan fingerprint density at radius 1 is 1.20 bits per heavy atom. The fourth-order valence-electron chi connectivity index (χ4n) is 2.21. The van der Waals surface area contributed by atoms with Gasteiger partial charge in [0.1, 0.15) is 5.82 Å². The number of nitrogens with zero attached hydrogens (tertiary/aromatic N) is 3. The summed E-state index contributed by atoms with van der Waals surface area (Å²) in [5.74, 6) is 0.602. The molecule has 0 atom stereocenters. The van der Waals surface area contributed by atoms with Gasteiger partial charge in [-0.05, 0) is 38.7 Å². The van der Waals surface area contributed by atoms with Crippen LogP contribution in [0.1, 0.15) is 11.4 Å². The second kappa shape index (κ2) is 8.29. The molecule has 2 rings (SSSR count). The molecule has 0 unspecified atom stereocenters. The lowest BCUT2D eigenvalue weighted by Gasteiger charge is -2.18. The van der Waals surface area contributed by atoms with Crippen molar-refractivity contribution in [3.05, 3.63) is 42.0 Å². The van der Waals surface area contributed by atoms with E-state index in [0.29, 0.717) is 30.3 Å². The van der Waals surface area contributed by atoms with Gasteiger partial charge < -0.3 is 25.4 Å². The molecule has 8 nitrogen and oxygen atoms in total. The first-order chi connectivity index (χ1) is 11.8. The number of amides is 3. The molecule has 0 aliphatic heterocycles. The van der Waals surface area contributed by atoms with E-state index in [4.69, 9.17) is 0 Å². The third kappa shape index (κ3) is 5.61. The van der Waals surface area contributed by atoms with Gasteiger partial charge in [-0.25, -0.2) is 9.78 Å². The third-order valence-electron chi connectivity index (χ3n) is 3.51. The molecule has 0 spiro atoms. The Morgan fingerprint density at radius 3 is 2.60 bits per heavy atom. The molecule has 3 N–H and O–H groups in total. The van der Waals surface area contributed by atoms with Gasteiger partial charge in [-0.2, -0.15) is 0 Å². The van der Waals surface area contributed by atoms with Crippen LogP contribution >= 0.6 is 0 Å². The highest BCUT2D eigenvalue weighted by molar-refractivity contribution is 5.95. The summed E-state index contributed by atoms with van der Waals surface area (Å²) in [6.45, 7) is 2.57. The maximum absolute atomic E-state index is 12.3. The van der Waals surface area contributed by atoms with Crippen molar-refractivity contribution in [1.82, 2.24) is 19.8 Å². The van der Waals surface area contributed by atoms with Crippen LogP contribution in [-0.4, -0.2) is 59.4 Å². The zero-order valence-corrected chi connectivity index (χ0v) is 15.0. The van der Waals surface area contributed by atoms with Crippen LogP contribution in [0, 0.1) is 6.92 Å². The molecule has 8 heteroatoms. The summed E-state index contributed by atoms with van der Waals surface area (Å²) < 4.78 is 0. The Bertz CT molecular complexity index is 727. The van der Waals surface area contributed by atoms with Crippen molar-refractivity contribution in [2.24, 2.45) is 0 Å². The van der Waals surface area contributed by atoms with Gasteiger partial charge >= 0.3 is 6.03 Å². The number of nitrogens with one attached hydrogen (secondary N) is 3. The monoisotopic (exact) mass is 344 g/mol. The number of rotatable bonds is 6. The van der Waals surface area contributed by atoms with Crippen LogP contribution in [0.4, 0.5) is 16.2 Å². The maximum atomic E-state index is 12.3. The van der Waals surface area contributed by atoms with E-state index in [1.165, 1.54) is 4.90 Å². The van der Waals surface area contributed by atoms with Crippen molar-refractivity contribution >= 4 is 23.3 Å². The zero-order chi connectivity index (χ0) is 18.4. The van der Waals surface area contributed by atoms with Crippen molar-refractivity contribution in [2.75, 3.05) is 38.3 Å². The minimum atomic E-state index is -0.258. The molecule has 0 fully saturated rings. The molecule has 1 aromatic carbocycles. The largest absolute Gasteiger partial charge is 0.347 e. The van der Waals surface area contributed by atoms with Gasteiger partial charge in [0.2, 0.25) is 5.91 Å². The number of likely N-dealkylation sites (N-methyl/N-ethyl adjacent to an activating group) is 1. The molecule has 0 saturated carbocycles. The predicted octanol–water partition coefficient (Wildman–Crippen LogP) is 1.88. The smallest absolute Gasteiger partial charge is 0.321 e. The Balaban J connectivity index is 2.00. The van der Waals surface area contributed by atoms with Gasteiger partial charge in [-0.15, -0.1) is 0 Å². The second-order valence-electron chi connectivity index (χ2n) is 6.14. The second-order valence-corrected chi connectivity index (χ2v) is 6.14. The summed E-state index contributed by atoms with van der Waals surface area (Å²) in [6.07, 6.45) is 3.35. The number of carbonyl (C=O) groups is 2. The first-order valence-electron chi connectivity index (χ1n) is 7.90. The topological polar surface area (TPSA) is 93.4 Å². The standard InChI is InChI=1S/C17H24N6O2/c1-12-5-6-13(9-14(12)21-16(24)11-22(2)3)20-17(25)23(4)10-15-18-7-8-19-15/h5-9H,10-11H2,1-4H3,(H,18,19)(H,20,25)(H,21,24). The Morgan fingerprint density at radius 2 is 1.96 bits per heavy atom. The van der Waals surface area contributed by atoms with E-state index < -0.39 is 0 Å². The van der Waals surface area contributed by atoms with Crippen LogP contribution in [0.3, 0.4) is 0 Å². The van der Waals surface area contributed by atoms with Crippen molar-refractivity contribution < 1.29 is 9.59 Å². The molecule has 0 aliphatic carbocycles. The number of urea groups is 1. The molecule has 0 bridgehead atoms. The minimum absolute atomic E-state index is 0.105. The average Bonchev–Trinajstić information content (AvgIpc) is 3.02. The highest BCUT2D eigenvalue weighted by atomic mass is 16.2. The number of aromatic amines is 1. The van der Waals surface area contributed by atoms with Crippen molar-refractivity contribution in [1.29, 1.82) is 0 Å². The number of H-pyrrole nitrogens is 1. The molecular formula is C17H24N6O2. The Labute approximate surface area is 147 Å². The summed E-state index contributed by atoms with van der Waals surface area (Å²) in [4.78, 5) is 34.6. The molecule has 0 aliphatic rings. The summed E-state index contributed by atoms with van der Waals surface area (Å²) in [5, 5.41) is 5.68. The summed E-state index contributed by atoms with van der Waals surface area (Å²) >= 11 is 0. The van der Waals surface area contributed by atoms with Crippen LogP contribution < -0.4 is 10.6 Å². The zero-order valence-electron chi connectivity index (χ0n) is 15.0. The van der Waals surface area contributed by atoms with Crippen molar-refractivity contribution in [3.63, 3.8) is 0 Å². The highest BCUT2D eigenvalue weighted by Crippen LogP contribution is 2.20. The third-order valence-corrected chi connectivity index (χ3v) is 3.51. The van der Waals surface area contributed by atoms with Gasteiger partial charge in [0.25, 0.3) is 0 Å². The quantitative estimate of drug-likeness (QED) is 0.746. The van der Waals surface area contributed by atoms with Gasteiger partial charge in [0.15, 0.2) is 0 Å². The Hall–Kier alpha value is -2.87. The maximum Gasteiger partial charge on any atom is 0.321 e. The molecule has 3 amide bonds. The summed E-state index contributed by atoms with van der Waals surface area (Å²) in [6, 6.07) is 5.15.